The number of fused-ring (bicyclic) bond motifs is 1. The van der Waals surface area contributed by atoms with Crippen LogP contribution in [0, 0.1) is 11.8 Å². The summed E-state index contributed by atoms with van der Waals surface area (Å²) in [6, 6.07) is 8.65. The fourth-order valence-corrected chi connectivity index (χ4v) is 3.49. The number of hydrogen-bond acceptors (Lipinski definition) is 2. The van der Waals surface area contributed by atoms with E-state index in [-0.39, 0.29) is 6.04 Å². The SMILES string of the molecule is CCC1CCC(C(N)c2cccc3ccncc23)C1. The lowest BCUT2D eigenvalue weighted by molar-refractivity contribution is 0.418. The van der Waals surface area contributed by atoms with Gasteiger partial charge in [0.25, 0.3) is 0 Å². The highest BCUT2D eigenvalue weighted by Crippen LogP contribution is 2.40. The Bertz CT molecular complexity index is 559. The van der Waals surface area contributed by atoms with Crippen LogP contribution < -0.4 is 5.73 Å². The zero-order chi connectivity index (χ0) is 13.2. The van der Waals surface area contributed by atoms with Gasteiger partial charge in [-0.25, -0.2) is 0 Å². The molecule has 0 saturated heterocycles. The molecule has 19 heavy (non-hydrogen) atoms. The summed E-state index contributed by atoms with van der Waals surface area (Å²) in [6.45, 7) is 2.29. The van der Waals surface area contributed by atoms with Crippen molar-refractivity contribution in [1.82, 2.24) is 4.98 Å². The largest absolute Gasteiger partial charge is 0.324 e. The normalized spacial score (nSPS) is 24.7. The van der Waals surface area contributed by atoms with E-state index in [2.05, 4.69) is 36.2 Å². The number of aromatic nitrogens is 1. The van der Waals surface area contributed by atoms with Crippen LogP contribution in [0.2, 0.25) is 0 Å². The maximum atomic E-state index is 6.56. The van der Waals surface area contributed by atoms with Gasteiger partial charge in [0, 0.05) is 23.8 Å². The van der Waals surface area contributed by atoms with Crippen molar-refractivity contribution in [2.75, 3.05) is 0 Å². The average molecular weight is 254 g/mol. The summed E-state index contributed by atoms with van der Waals surface area (Å²) in [5, 5.41) is 2.46. The van der Waals surface area contributed by atoms with Gasteiger partial charge in [0.2, 0.25) is 0 Å². The van der Waals surface area contributed by atoms with E-state index >= 15 is 0 Å². The van der Waals surface area contributed by atoms with Crippen LogP contribution in [-0.4, -0.2) is 4.98 Å². The summed E-state index contributed by atoms with van der Waals surface area (Å²) in [7, 11) is 0. The van der Waals surface area contributed by atoms with Gasteiger partial charge in [-0.3, -0.25) is 4.98 Å². The summed E-state index contributed by atoms with van der Waals surface area (Å²) in [5.74, 6) is 1.51. The molecule has 2 N–H and O–H groups in total. The summed E-state index contributed by atoms with van der Waals surface area (Å²) < 4.78 is 0. The molecule has 100 valence electrons. The highest BCUT2D eigenvalue weighted by molar-refractivity contribution is 5.85. The summed E-state index contributed by atoms with van der Waals surface area (Å²) in [4.78, 5) is 4.26. The Kier molecular flexibility index (Phi) is 3.52. The van der Waals surface area contributed by atoms with E-state index in [4.69, 9.17) is 5.73 Å². The van der Waals surface area contributed by atoms with E-state index < -0.39 is 0 Å². The summed E-state index contributed by atoms with van der Waals surface area (Å²) in [6.07, 6.45) is 9.00. The highest BCUT2D eigenvalue weighted by Gasteiger charge is 2.29. The van der Waals surface area contributed by atoms with Crippen LogP contribution in [0.25, 0.3) is 10.8 Å². The Morgan fingerprint density at radius 3 is 3.00 bits per heavy atom. The Labute approximate surface area is 115 Å². The second-order valence-electron chi connectivity index (χ2n) is 5.82. The van der Waals surface area contributed by atoms with Gasteiger partial charge in [0.1, 0.15) is 0 Å². The van der Waals surface area contributed by atoms with E-state index in [1.807, 2.05) is 12.4 Å². The zero-order valence-corrected chi connectivity index (χ0v) is 11.5. The molecule has 2 nitrogen and oxygen atoms in total. The molecule has 0 amide bonds. The van der Waals surface area contributed by atoms with E-state index in [0.29, 0.717) is 5.92 Å². The van der Waals surface area contributed by atoms with Gasteiger partial charge < -0.3 is 5.73 Å². The van der Waals surface area contributed by atoms with Crippen LogP contribution in [0.5, 0.6) is 0 Å². The molecule has 3 unspecified atom stereocenters. The molecular weight excluding hydrogens is 232 g/mol. The molecule has 0 aliphatic heterocycles. The predicted molar refractivity (Wildman–Crippen MR) is 79.8 cm³/mol. The van der Waals surface area contributed by atoms with Gasteiger partial charge in [-0.15, -0.1) is 0 Å². The second-order valence-corrected chi connectivity index (χ2v) is 5.82. The molecule has 0 radical (unpaired) electrons. The van der Waals surface area contributed by atoms with Crippen LogP contribution in [0.3, 0.4) is 0 Å². The predicted octanol–water partition coefficient (Wildman–Crippen LogP) is 4.06. The van der Waals surface area contributed by atoms with Gasteiger partial charge >= 0.3 is 0 Å². The molecule has 1 saturated carbocycles. The fourth-order valence-electron chi connectivity index (χ4n) is 3.49. The second kappa shape index (κ2) is 5.30. The number of pyridine rings is 1. The number of nitrogens with zero attached hydrogens (tertiary/aromatic N) is 1. The van der Waals surface area contributed by atoms with Crippen molar-refractivity contribution in [1.29, 1.82) is 0 Å². The quantitative estimate of drug-likeness (QED) is 0.897. The summed E-state index contributed by atoms with van der Waals surface area (Å²) in [5.41, 5.74) is 7.83. The van der Waals surface area contributed by atoms with Crippen LogP contribution >= 0.6 is 0 Å². The molecule has 0 spiro atoms. The summed E-state index contributed by atoms with van der Waals surface area (Å²) >= 11 is 0. The monoisotopic (exact) mass is 254 g/mol. The van der Waals surface area contributed by atoms with E-state index in [9.17, 15) is 0 Å². The molecule has 0 bridgehead atoms. The molecular formula is C17H22N2. The van der Waals surface area contributed by atoms with Crippen molar-refractivity contribution in [3.63, 3.8) is 0 Å². The third-order valence-electron chi connectivity index (χ3n) is 4.74. The minimum atomic E-state index is 0.157. The van der Waals surface area contributed by atoms with Gasteiger partial charge in [0.05, 0.1) is 0 Å². The first kappa shape index (κ1) is 12.6. The number of hydrogen-bond donors (Lipinski definition) is 1. The van der Waals surface area contributed by atoms with Crippen LogP contribution in [0.1, 0.15) is 44.2 Å². The van der Waals surface area contributed by atoms with Crippen molar-refractivity contribution in [3.8, 4) is 0 Å². The first-order valence-electron chi connectivity index (χ1n) is 7.37. The van der Waals surface area contributed by atoms with Gasteiger partial charge in [0.15, 0.2) is 0 Å². The molecule has 1 aliphatic carbocycles. The molecule has 3 atom stereocenters. The van der Waals surface area contributed by atoms with E-state index in [1.54, 1.807) is 0 Å². The van der Waals surface area contributed by atoms with Crippen molar-refractivity contribution in [2.24, 2.45) is 17.6 Å². The standard InChI is InChI=1S/C17H22N2/c1-2-12-6-7-14(10-12)17(18)15-5-3-4-13-8-9-19-11-16(13)15/h3-5,8-9,11-12,14,17H,2,6-7,10,18H2,1H3. The minimum Gasteiger partial charge on any atom is -0.324 e. The van der Waals surface area contributed by atoms with Crippen LogP contribution in [0.15, 0.2) is 36.7 Å². The first-order valence-corrected chi connectivity index (χ1v) is 7.37. The number of nitrogens with two attached hydrogens (primary N) is 1. The van der Waals surface area contributed by atoms with Crippen molar-refractivity contribution in [3.05, 3.63) is 42.2 Å². The minimum absolute atomic E-state index is 0.157. The Hall–Kier alpha value is -1.41. The smallest absolute Gasteiger partial charge is 0.0349 e. The lowest BCUT2D eigenvalue weighted by Gasteiger charge is -2.21. The number of benzene rings is 1. The molecule has 1 aliphatic rings. The molecule has 1 aromatic carbocycles. The fraction of sp³-hybridized carbons (Fsp3) is 0.471. The average Bonchev–Trinajstić information content (AvgIpc) is 2.95. The van der Waals surface area contributed by atoms with E-state index in [0.717, 1.165) is 5.92 Å². The lowest BCUT2D eigenvalue weighted by atomic mass is 9.89. The lowest BCUT2D eigenvalue weighted by Crippen LogP contribution is -2.19. The Morgan fingerprint density at radius 1 is 1.32 bits per heavy atom. The zero-order valence-electron chi connectivity index (χ0n) is 11.5. The Morgan fingerprint density at radius 2 is 2.21 bits per heavy atom. The van der Waals surface area contributed by atoms with Crippen molar-refractivity contribution in [2.45, 2.75) is 38.6 Å². The van der Waals surface area contributed by atoms with Crippen LogP contribution in [0.4, 0.5) is 0 Å². The molecule has 2 heteroatoms. The molecule has 1 fully saturated rings. The van der Waals surface area contributed by atoms with E-state index in [1.165, 1.54) is 42.0 Å². The van der Waals surface area contributed by atoms with Gasteiger partial charge in [-0.2, -0.15) is 0 Å². The molecule has 3 rings (SSSR count). The third-order valence-corrected chi connectivity index (χ3v) is 4.74. The van der Waals surface area contributed by atoms with Crippen molar-refractivity contribution < 1.29 is 0 Å². The molecule has 1 heterocycles. The maximum absolute atomic E-state index is 6.56. The highest BCUT2D eigenvalue weighted by atomic mass is 14.7. The Balaban J connectivity index is 1.92. The maximum Gasteiger partial charge on any atom is 0.0349 e. The first-order chi connectivity index (χ1) is 9.29. The molecule has 2 aromatic rings. The van der Waals surface area contributed by atoms with Gasteiger partial charge in [-0.05, 0) is 41.7 Å². The van der Waals surface area contributed by atoms with Crippen LogP contribution in [-0.2, 0) is 0 Å². The van der Waals surface area contributed by atoms with Crippen molar-refractivity contribution >= 4 is 10.8 Å². The third kappa shape index (κ3) is 2.37. The number of rotatable bonds is 3. The molecule has 1 aromatic heterocycles. The van der Waals surface area contributed by atoms with Gasteiger partial charge in [-0.1, -0.05) is 38.0 Å². The topological polar surface area (TPSA) is 38.9 Å².